The number of hydrogen-bond donors (Lipinski definition) is 1. The number of ether oxygens (including phenoxy) is 2. The number of pyridine rings is 1. The fraction of sp³-hybridized carbons (Fsp3) is 0.308. The van der Waals surface area contributed by atoms with Crippen LogP contribution in [0.15, 0.2) is 24.5 Å². The molecule has 106 valence electrons. The smallest absolute Gasteiger partial charge is 0.224 e. The van der Waals surface area contributed by atoms with Crippen LogP contribution in [-0.2, 0) is 11.3 Å². The van der Waals surface area contributed by atoms with Crippen LogP contribution in [0.1, 0.15) is 12.7 Å². The van der Waals surface area contributed by atoms with E-state index in [0.717, 1.165) is 6.54 Å². The van der Waals surface area contributed by atoms with Gasteiger partial charge < -0.3 is 14.8 Å². The molecule has 0 fully saturated rings. The summed E-state index contributed by atoms with van der Waals surface area (Å²) in [5, 5.41) is 3.62. The summed E-state index contributed by atoms with van der Waals surface area (Å²) in [7, 11) is 1.59. The Labute approximate surface area is 122 Å². The molecule has 0 radical (unpaired) electrons. The largest absolute Gasteiger partial charge is 0.437 e. The number of nitrogens with zero attached hydrogens (tertiary/aromatic N) is 3. The molecule has 0 unspecified atom stereocenters. The Morgan fingerprint density at radius 1 is 1.25 bits per heavy atom. The van der Waals surface area contributed by atoms with Gasteiger partial charge in [-0.05, 0) is 6.92 Å². The quantitative estimate of drug-likeness (QED) is 0.883. The lowest BCUT2D eigenvalue weighted by atomic mass is 10.4. The molecule has 0 aliphatic heterocycles. The number of nitrogens with one attached hydrogen (secondary N) is 1. The summed E-state index contributed by atoms with van der Waals surface area (Å²) in [5.41, 5.74) is 0. The van der Waals surface area contributed by atoms with E-state index in [0.29, 0.717) is 34.9 Å². The molecule has 0 saturated heterocycles. The van der Waals surface area contributed by atoms with Crippen molar-refractivity contribution in [2.75, 3.05) is 19.0 Å². The van der Waals surface area contributed by atoms with Crippen LogP contribution in [0.2, 0.25) is 5.02 Å². The molecule has 0 spiro atoms. The minimum absolute atomic E-state index is 0.309. The van der Waals surface area contributed by atoms with Crippen molar-refractivity contribution in [1.29, 1.82) is 0 Å². The molecule has 20 heavy (non-hydrogen) atoms. The van der Waals surface area contributed by atoms with Gasteiger partial charge >= 0.3 is 0 Å². The fourth-order valence-corrected chi connectivity index (χ4v) is 1.72. The third kappa shape index (κ3) is 4.04. The number of halogens is 1. The average Bonchev–Trinajstić information content (AvgIpc) is 2.39. The van der Waals surface area contributed by atoms with E-state index in [1.165, 1.54) is 6.20 Å². The van der Waals surface area contributed by atoms with Crippen LogP contribution >= 0.6 is 11.6 Å². The van der Waals surface area contributed by atoms with Gasteiger partial charge in [-0.25, -0.2) is 4.98 Å². The number of rotatable bonds is 6. The molecule has 2 heterocycles. The molecule has 0 aliphatic rings. The molecule has 2 aromatic rings. The van der Waals surface area contributed by atoms with Crippen LogP contribution in [0.25, 0.3) is 0 Å². The van der Waals surface area contributed by atoms with E-state index in [2.05, 4.69) is 20.3 Å². The van der Waals surface area contributed by atoms with Crippen molar-refractivity contribution >= 4 is 17.4 Å². The maximum Gasteiger partial charge on any atom is 0.224 e. The lowest BCUT2D eigenvalue weighted by Gasteiger charge is -2.09. The molecule has 7 heteroatoms. The van der Waals surface area contributed by atoms with Crippen molar-refractivity contribution in [2.45, 2.75) is 13.5 Å². The van der Waals surface area contributed by atoms with E-state index in [4.69, 9.17) is 21.1 Å². The minimum atomic E-state index is 0.309. The van der Waals surface area contributed by atoms with Crippen molar-refractivity contribution in [2.24, 2.45) is 0 Å². The van der Waals surface area contributed by atoms with Gasteiger partial charge in [0.05, 0.1) is 11.2 Å². The highest BCUT2D eigenvalue weighted by molar-refractivity contribution is 6.30. The Morgan fingerprint density at radius 2 is 2.10 bits per heavy atom. The lowest BCUT2D eigenvalue weighted by molar-refractivity contribution is 0.177. The molecule has 2 aromatic heterocycles. The normalized spacial score (nSPS) is 10.3. The molecule has 0 aliphatic carbocycles. The Bertz CT molecular complexity index is 556. The van der Waals surface area contributed by atoms with Crippen LogP contribution in [0.3, 0.4) is 0 Å². The Hall–Kier alpha value is -1.92. The number of methoxy groups -OCH3 is 1. The SMILES string of the molecule is CCNc1cc(Oc2cncc(Cl)c2)nc(COC)n1. The van der Waals surface area contributed by atoms with E-state index in [1.54, 1.807) is 25.4 Å². The molecular formula is C13H15ClN4O2. The average molecular weight is 295 g/mol. The van der Waals surface area contributed by atoms with Gasteiger partial charge in [0, 0.05) is 32.0 Å². The first-order valence-corrected chi connectivity index (χ1v) is 6.48. The second-order valence-corrected chi connectivity index (χ2v) is 4.35. The maximum absolute atomic E-state index is 5.87. The second kappa shape index (κ2) is 7.02. The summed E-state index contributed by atoms with van der Waals surface area (Å²) in [6, 6.07) is 3.38. The highest BCUT2D eigenvalue weighted by Gasteiger charge is 2.07. The summed E-state index contributed by atoms with van der Waals surface area (Å²) in [6.07, 6.45) is 3.10. The number of anilines is 1. The molecular weight excluding hydrogens is 280 g/mol. The van der Waals surface area contributed by atoms with E-state index in [9.17, 15) is 0 Å². The van der Waals surface area contributed by atoms with E-state index >= 15 is 0 Å². The van der Waals surface area contributed by atoms with Crippen LogP contribution in [0.5, 0.6) is 11.6 Å². The Morgan fingerprint density at radius 3 is 2.80 bits per heavy atom. The van der Waals surface area contributed by atoms with Gasteiger partial charge in [0.15, 0.2) is 5.82 Å². The highest BCUT2D eigenvalue weighted by Crippen LogP contribution is 2.23. The van der Waals surface area contributed by atoms with Crippen LogP contribution < -0.4 is 10.1 Å². The zero-order valence-corrected chi connectivity index (χ0v) is 12.0. The first kappa shape index (κ1) is 14.5. The summed E-state index contributed by atoms with van der Waals surface area (Å²) in [4.78, 5) is 12.5. The Kier molecular flexibility index (Phi) is 5.09. The van der Waals surface area contributed by atoms with E-state index in [1.807, 2.05) is 6.92 Å². The van der Waals surface area contributed by atoms with Gasteiger partial charge in [-0.1, -0.05) is 11.6 Å². The molecule has 2 rings (SSSR count). The second-order valence-electron chi connectivity index (χ2n) is 3.91. The summed E-state index contributed by atoms with van der Waals surface area (Å²) >= 11 is 5.87. The lowest BCUT2D eigenvalue weighted by Crippen LogP contribution is -2.05. The van der Waals surface area contributed by atoms with Crippen LogP contribution in [0, 0.1) is 0 Å². The van der Waals surface area contributed by atoms with Gasteiger partial charge in [0.1, 0.15) is 18.2 Å². The minimum Gasteiger partial charge on any atom is -0.437 e. The first-order valence-electron chi connectivity index (χ1n) is 6.10. The molecule has 0 aromatic carbocycles. The van der Waals surface area contributed by atoms with E-state index < -0.39 is 0 Å². The first-order chi connectivity index (χ1) is 9.71. The summed E-state index contributed by atoms with van der Waals surface area (Å²) in [6.45, 7) is 3.05. The third-order valence-corrected chi connectivity index (χ3v) is 2.49. The predicted octanol–water partition coefficient (Wildman–Crippen LogP) is 2.90. The standard InChI is InChI=1S/C13H15ClN4O2/c1-3-16-11-5-13(18-12(17-11)8-19-2)20-10-4-9(14)6-15-7-10/h4-7H,3,8H2,1-2H3,(H,16,17,18). The van der Waals surface area contributed by atoms with Crippen LogP contribution in [0.4, 0.5) is 5.82 Å². The zero-order chi connectivity index (χ0) is 14.4. The van der Waals surface area contributed by atoms with Gasteiger partial charge in [0.2, 0.25) is 5.88 Å². The zero-order valence-electron chi connectivity index (χ0n) is 11.3. The van der Waals surface area contributed by atoms with Gasteiger partial charge in [-0.2, -0.15) is 4.98 Å². The van der Waals surface area contributed by atoms with Crippen molar-refractivity contribution in [3.63, 3.8) is 0 Å². The molecule has 0 saturated carbocycles. The fourth-order valence-electron chi connectivity index (χ4n) is 1.56. The molecule has 6 nitrogen and oxygen atoms in total. The highest BCUT2D eigenvalue weighted by atomic mass is 35.5. The third-order valence-electron chi connectivity index (χ3n) is 2.28. The molecule has 0 atom stereocenters. The maximum atomic E-state index is 5.87. The Balaban J connectivity index is 2.25. The monoisotopic (exact) mass is 294 g/mol. The summed E-state index contributed by atoms with van der Waals surface area (Å²) in [5.74, 6) is 2.14. The van der Waals surface area contributed by atoms with Gasteiger partial charge in [0.25, 0.3) is 0 Å². The number of hydrogen-bond acceptors (Lipinski definition) is 6. The topological polar surface area (TPSA) is 69.2 Å². The van der Waals surface area contributed by atoms with Crippen molar-refractivity contribution in [3.8, 4) is 11.6 Å². The summed E-state index contributed by atoms with van der Waals surface area (Å²) < 4.78 is 10.7. The van der Waals surface area contributed by atoms with E-state index in [-0.39, 0.29) is 0 Å². The van der Waals surface area contributed by atoms with Crippen LogP contribution in [-0.4, -0.2) is 28.6 Å². The molecule has 0 amide bonds. The van der Waals surface area contributed by atoms with Crippen molar-refractivity contribution < 1.29 is 9.47 Å². The van der Waals surface area contributed by atoms with Gasteiger partial charge in [-0.3, -0.25) is 4.98 Å². The molecule has 1 N–H and O–H groups in total. The van der Waals surface area contributed by atoms with Gasteiger partial charge in [-0.15, -0.1) is 0 Å². The predicted molar refractivity (Wildman–Crippen MR) is 76.2 cm³/mol. The number of aromatic nitrogens is 3. The molecule has 0 bridgehead atoms. The van der Waals surface area contributed by atoms with Crippen molar-refractivity contribution in [3.05, 3.63) is 35.4 Å². The van der Waals surface area contributed by atoms with Crippen molar-refractivity contribution in [1.82, 2.24) is 15.0 Å².